The molecule has 1 atom stereocenters. The molecule has 0 fully saturated rings. The summed E-state index contributed by atoms with van der Waals surface area (Å²) < 4.78 is 0. The third-order valence-electron chi connectivity index (χ3n) is 3.69. The maximum Gasteiger partial charge on any atom is 0.0844 e. The second-order valence-corrected chi connectivity index (χ2v) is 5.04. The van der Waals surface area contributed by atoms with Gasteiger partial charge in [-0.2, -0.15) is 0 Å². The summed E-state index contributed by atoms with van der Waals surface area (Å²) in [6.45, 7) is 2.09. The molecule has 0 radical (unpaired) electrons. The Morgan fingerprint density at radius 3 is 2.89 bits per heavy atom. The van der Waals surface area contributed by atoms with Crippen LogP contribution in [0.15, 0.2) is 30.0 Å². The van der Waals surface area contributed by atoms with Gasteiger partial charge in [-0.05, 0) is 44.2 Å². The van der Waals surface area contributed by atoms with E-state index in [-0.39, 0.29) is 6.04 Å². The Kier molecular flexibility index (Phi) is 4.90. The van der Waals surface area contributed by atoms with E-state index in [9.17, 15) is 0 Å². The van der Waals surface area contributed by atoms with Crippen LogP contribution in [0.5, 0.6) is 0 Å². The number of aryl methyl sites for hydroxylation is 1. The Morgan fingerprint density at radius 2 is 2.11 bits per heavy atom. The van der Waals surface area contributed by atoms with Gasteiger partial charge < -0.3 is 0 Å². The minimum Gasteiger partial charge on any atom is -0.271 e. The largest absolute Gasteiger partial charge is 0.271 e. The molecule has 1 aromatic rings. The summed E-state index contributed by atoms with van der Waals surface area (Å²) in [7, 11) is 0. The van der Waals surface area contributed by atoms with Crippen LogP contribution in [-0.2, 0) is 0 Å². The van der Waals surface area contributed by atoms with Crippen LogP contribution in [0.25, 0.3) is 0 Å². The van der Waals surface area contributed by atoms with Gasteiger partial charge in [-0.15, -0.1) is 0 Å². The Balaban J connectivity index is 2.24. The lowest BCUT2D eigenvalue weighted by molar-refractivity contribution is 0.545. The van der Waals surface area contributed by atoms with E-state index in [1.165, 1.54) is 43.2 Å². The number of nitrogens with one attached hydrogen (secondary N) is 1. The van der Waals surface area contributed by atoms with E-state index in [1.807, 2.05) is 12.3 Å². The highest BCUT2D eigenvalue weighted by molar-refractivity contribution is 5.29. The molecule has 1 unspecified atom stereocenters. The van der Waals surface area contributed by atoms with Crippen molar-refractivity contribution >= 4 is 0 Å². The van der Waals surface area contributed by atoms with Gasteiger partial charge in [-0.1, -0.05) is 30.6 Å². The van der Waals surface area contributed by atoms with Gasteiger partial charge in [0.05, 0.1) is 11.7 Å². The Hall–Kier alpha value is -1.19. The Bertz CT molecular complexity index is 412. The van der Waals surface area contributed by atoms with Crippen molar-refractivity contribution in [2.24, 2.45) is 5.84 Å². The lowest BCUT2D eigenvalue weighted by Crippen LogP contribution is -2.31. The van der Waals surface area contributed by atoms with Gasteiger partial charge >= 0.3 is 0 Å². The molecule has 0 saturated heterocycles. The number of aromatic nitrogens is 1. The van der Waals surface area contributed by atoms with E-state index in [1.54, 1.807) is 0 Å². The van der Waals surface area contributed by atoms with Crippen LogP contribution in [0.3, 0.4) is 0 Å². The molecular weight excluding hydrogens is 222 g/mol. The zero-order chi connectivity index (χ0) is 12.8. The molecule has 3 N–H and O–H groups in total. The smallest absolute Gasteiger partial charge is 0.0844 e. The summed E-state index contributed by atoms with van der Waals surface area (Å²) in [4.78, 5) is 4.50. The fourth-order valence-electron chi connectivity index (χ4n) is 2.64. The fourth-order valence-corrected chi connectivity index (χ4v) is 2.64. The predicted molar refractivity (Wildman–Crippen MR) is 74.8 cm³/mol. The fraction of sp³-hybridized carbons (Fsp3) is 0.533. The normalized spacial score (nSPS) is 21.6. The second-order valence-electron chi connectivity index (χ2n) is 5.04. The topological polar surface area (TPSA) is 50.9 Å². The summed E-state index contributed by atoms with van der Waals surface area (Å²) in [5.74, 6) is 5.76. The highest BCUT2D eigenvalue weighted by atomic mass is 15.2. The van der Waals surface area contributed by atoms with Gasteiger partial charge in [0.1, 0.15) is 0 Å². The first-order valence-electron chi connectivity index (χ1n) is 6.89. The van der Waals surface area contributed by atoms with E-state index in [0.29, 0.717) is 0 Å². The van der Waals surface area contributed by atoms with E-state index in [4.69, 9.17) is 5.84 Å². The molecular formula is C15H23N3. The molecule has 3 nitrogen and oxygen atoms in total. The quantitative estimate of drug-likeness (QED) is 0.488. The first-order valence-corrected chi connectivity index (χ1v) is 6.89. The number of allylic oxidation sites excluding steroid dienone is 1. The van der Waals surface area contributed by atoms with Gasteiger partial charge in [0.2, 0.25) is 0 Å². The van der Waals surface area contributed by atoms with Crippen molar-refractivity contribution < 1.29 is 0 Å². The summed E-state index contributed by atoms with van der Waals surface area (Å²) in [6, 6.07) is 4.14. The molecule has 18 heavy (non-hydrogen) atoms. The first kappa shape index (κ1) is 13.2. The Labute approximate surface area is 109 Å². The van der Waals surface area contributed by atoms with Crippen LogP contribution in [-0.4, -0.2) is 4.98 Å². The highest BCUT2D eigenvalue weighted by Crippen LogP contribution is 2.28. The lowest BCUT2D eigenvalue weighted by atomic mass is 9.92. The van der Waals surface area contributed by atoms with Crippen LogP contribution in [0.2, 0.25) is 0 Å². The van der Waals surface area contributed by atoms with Crippen molar-refractivity contribution in [3.63, 3.8) is 0 Å². The highest BCUT2D eigenvalue weighted by Gasteiger charge is 2.18. The number of nitrogens with two attached hydrogens (primary N) is 1. The number of pyridine rings is 1. The van der Waals surface area contributed by atoms with Crippen molar-refractivity contribution in [1.29, 1.82) is 0 Å². The minimum absolute atomic E-state index is 0.0734. The summed E-state index contributed by atoms with van der Waals surface area (Å²) in [6.07, 6.45) is 11.7. The molecule has 98 valence electrons. The Morgan fingerprint density at radius 1 is 1.28 bits per heavy atom. The maximum atomic E-state index is 5.76. The third kappa shape index (κ3) is 3.18. The molecule has 0 spiro atoms. The van der Waals surface area contributed by atoms with Gasteiger partial charge in [-0.3, -0.25) is 10.8 Å². The molecule has 1 aromatic heterocycles. The summed E-state index contributed by atoms with van der Waals surface area (Å²) in [5.41, 5.74) is 6.61. The molecule has 0 amide bonds. The van der Waals surface area contributed by atoms with Gasteiger partial charge in [-0.25, -0.2) is 5.43 Å². The predicted octanol–water partition coefficient (Wildman–Crippen LogP) is 3.18. The molecule has 3 heteroatoms. The monoisotopic (exact) mass is 245 g/mol. The molecule has 0 aromatic carbocycles. The van der Waals surface area contributed by atoms with Crippen LogP contribution in [0.1, 0.15) is 55.8 Å². The van der Waals surface area contributed by atoms with Crippen molar-refractivity contribution in [2.45, 2.75) is 51.5 Å². The van der Waals surface area contributed by atoms with Gasteiger partial charge in [0, 0.05) is 6.20 Å². The number of nitrogens with zero attached hydrogens (tertiary/aromatic N) is 1. The van der Waals surface area contributed by atoms with Crippen molar-refractivity contribution in [1.82, 2.24) is 10.4 Å². The zero-order valence-electron chi connectivity index (χ0n) is 11.2. The molecule has 0 bridgehead atoms. The van der Waals surface area contributed by atoms with Gasteiger partial charge in [0.25, 0.3) is 0 Å². The third-order valence-corrected chi connectivity index (χ3v) is 3.69. The molecule has 2 rings (SSSR count). The van der Waals surface area contributed by atoms with Gasteiger partial charge in [0.15, 0.2) is 0 Å². The molecule has 0 saturated carbocycles. The first-order chi connectivity index (χ1) is 8.83. The maximum absolute atomic E-state index is 5.76. The number of rotatable bonds is 3. The van der Waals surface area contributed by atoms with E-state index >= 15 is 0 Å². The average molecular weight is 245 g/mol. The molecule has 1 heterocycles. The van der Waals surface area contributed by atoms with Crippen molar-refractivity contribution in [3.05, 3.63) is 41.2 Å². The summed E-state index contributed by atoms with van der Waals surface area (Å²) in [5, 5.41) is 0. The molecule has 1 aliphatic rings. The SMILES string of the molecule is Cc1cccnc1C(NN)/C1=C/CCCCCC1. The number of hydrogen-bond donors (Lipinski definition) is 2. The van der Waals surface area contributed by atoms with Crippen LogP contribution in [0.4, 0.5) is 0 Å². The second kappa shape index (κ2) is 6.66. The number of hydrogen-bond acceptors (Lipinski definition) is 3. The van der Waals surface area contributed by atoms with Crippen LogP contribution < -0.4 is 11.3 Å². The van der Waals surface area contributed by atoms with E-state index < -0.39 is 0 Å². The van der Waals surface area contributed by atoms with Crippen molar-refractivity contribution in [3.8, 4) is 0 Å². The zero-order valence-corrected chi connectivity index (χ0v) is 11.2. The van der Waals surface area contributed by atoms with Crippen LogP contribution >= 0.6 is 0 Å². The minimum atomic E-state index is 0.0734. The lowest BCUT2D eigenvalue weighted by Gasteiger charge is -2.22. The van der Waals surface area contributed by atoms with E-state index in [2.05, 4.69) is 29.5 Å². The molecule has 1 aliphatic carbocycles. The van der Waals surface area contributed by atoms with Crippen LogP contribution in [0, 0.1) is 6.92 Å². The average Bonchev–Trinajstić information content (AvgIpc) is 2.34. The molecule has 0 aliphatic heterocycles. The number of hydrazine groups is 1. The van der Waals surface area contributed by atoms with E-state index in [0.717, 1.165) is 12.1 Å². The van der Waals surface area contributed by atoms with Crippen molar-refractivity contribution in [2.75, 3.05) is 0 Å². The standard InChI is InChI=1S/C15H23N3/c1-12-8-7-11-17-14(12)15(18-16)13-9-5-3-2-4-6-10-13/h7-9,11,15,18H,2-6,10,16H2,1H3/b13-9+. The summed E-state index contributed by atoms with van der Waals surface area (Å²) >= 11 is 0.